The molecule has 1 unspecified atom stereocenters. The van der Waals surface area contributed by atoms with Crippen LogP contribution in [0.3, 0.4) is 0 Å². The molecule has 1 aliphatic rings. The SMILES string of the molecule is CCC1C(=O)NC(=O)CN1C(=O)c1cc(OC)cs1. The summed E-state index contributed by atoms with van der Waals surface area (Å²) >= 11 is 1.23. The molecule has 6 nitrogen and oxygen atoms in total. The Bertz CT molecular complexity index is 526. The van der Waals surface area contributed by atoms with E-state index in [2.05, 4.69) is 5.32 Å². The topological polar surface area (TPSA) is 75.7 Å². The first-order chi connectivity index (χ1) is 9.06. The van der Waals surface area contributed by atoms with Crippen molar-refractivity contribution in [3.63, 3.8) is 0 Å². The Morgan fingerprint density at radius 3 is 2.89 bits per heavy atom. The van der Waals surface area contributed by atoms with E-state index in [0.717, 1.165) is 0 Å². The van der Waals surface area contributed by atoms with Gasteiger partial charge in [0.1, 0.15) is 18.3 Å². The van der Waals surface area contributed by atoms with Crippen molar-refractivity contribution in [2.24, 2.45) is 0 Å². The standard InChI is InChI=1S/C12H14N2O4S/c1-3-8-11(16)13-10(15)5-14(8)12(17)9-4-7(18-2)6-19-9/h4,6,8H,3,5H2,1-2H3,(H,13,15,16). The molecule has 1 aromatic rings. The fourth-order valence-corrected chi connectivity index (χ4v) is 2.78. The third-order valence-corrected chi connectivity index (χ3v) is 3.82. The summed E-state index contributed by atoms with van der Waals surface area (Å²) in [5.41, 5.74) is 0. The first-order valence-electron chi connectivity index (χ1n) is 5.84. The fourth-order valence-electron chi connectivity index (χ4n) is 1.97. The quantitative estimate of drug-likeness (QED) is 0.825. The van der Waals surface area contributed by atoms with Crippen LogP contribution in [0.15, 0.2) is 11.4 Å². The molecule has 1 aromatic heterocycles. The number of carbonyl (C=O) groups is 3. The summed E-state index contributed by atoms with van der Waals surface area (Å²) in [7, 11) is 1.52. The Labute approximate surface area is 114 Å². The van der Waals surface area contributed by atoms with Crippen LogP contribution in [0.1, 0.15) is 23.0 Å². The van der Waals surface area contributed by atoms with E-state index in [1.165, 1.54) is 23.3 Å². The monoisotopic (exact) mass is 282 g/mol. The molecule has 1 aliphatic heterocycles. The second-order valence-electron chi connectivity index (χ2n) is 4.12. The molecule has 1 atom stereocenters. The highest BCUT2D eigenvalue weighted by molar-refractivity contribution is 7.12. The van der Waals surface area contributed by atoms with E-state index in [0.29, 0.717) is 17.0 Å². The van der Waals surface area contributed by atoms with Crippen molar-refractivity contribution in [2.75, 3.05) is 13.7 Å². The first-order valence-corrected chi connectivity index (χ1v) is 6.72. The Hall–Kier alpha value is -1.89. The molecule has 0 aliphatic carbocycles. The molecule has 19 heavy (non-hydrogen) atoms. The Morgan fingerprint density at radius 2 is 2.32 bits per heavy atom. The van der Waals surface area contributed by atoms with Crippen LogP contribution >= 0.6 is 11.3 Å². The van der Waals surface area contributed by atoms with Gasteiger partial charge in [0.2, 0.25) is 11.8 Å². The van der Waals surface area contributed by atoms with Gasteiger partial charge in [-0.1, -0.05) is 6.92 Å². The van der Waals surface area contributed by atoms with Crippen LogP contribution in [0.5, 0.6) is 5.75 Å². The van der Waals surface area contributed by atoms with Crippen LogP contribution in [0.4, 0.5) is 0 Å². The number of imide groups is 1. The van der Waals surface area contributed by atoms with E-state index in [-0.39, 0.29) is 12.5 Å². The lowest BCUT2D eigenvalue weighted by Crippen LogP contribution is -2.59. The maximum absolute atomic E-state index is 12.3. The Morgan fingerprint density at radius 1 is 1.58 bits per heavy atom. The van der Waals surface area contributed by atoms with Crippen molar-refractivity contribution >= 4 is 29.1 Å². The van der Waals surface area contributed by atoms with E-state index in [4.69, 9.17) is 4.74 Å². The molecule has 102 valence electrons. The van der Waals surface area contributed by atoms with Crippen LogP contribution in [0.2, 0.25) is 0 Å². The van der Waals surface area contributed by atoms with E-state index >= 15 is 0 Å². The second kappa shape index (κ2) is 5.40. The molecule has 0 spiro atoms. The summed E-state index contributed by atoms with van der Waals surface area (Å²) in [6.07, 6.45) is 0.466. The number of rotatable bonds is 3. The van der Waals surface area contributed by atoms with E-state index < -0.39 is 17.9 Å². The van der Waals surface area contributed by atoms with Gasteiger partial charge < -0.3 is 9.64 Å². The van der Waals surface area contributed by atoms with Crippen LogP contribution in [-0.4, -0.2) is 42.3 Å². The molecule has 2 rings (SSSR count). The first kappa shape index (κ1) is 13.5. The third kappa shape index (κ3) is 2.60. The smallest absolute Gasteiger partial charge is 0.265 e. The van der Waals surface area contributed by atoms with Crippen LogP contribution in [0.25, 0.3) is 0 Å². The molecule has 0 aromatic carbocycles. The van der Waals surface area contributed by atoms with Crippen LogP contribution in [-0.2, 0) is 9.59 Å². The van der Waals surface area contributed by atoms with Gasteiger partial charge in [-0.3, -0.25) is 19.7 Å². The fraction of sp³-hybridized carbons (Fsp3) is 0.417. The highest BCUT2D eigenvalue weighted by Gasteiger charge is 2.36. The molecule has 0 radical (unpaired) electrons. The number of nitrogens with one attached hydrogen (secondary N) is 1. The minimum absolute atomic E-state index is 0.0940. The molecule has 0 saturated carbocycles. The second-order valence-corrected chi connectivity index (χ2v) is 5.03. The summed E-state index contributed by atoms with van der Waals surface area (Å²) in [6.45, 7) is 1.71. The molecular weight excluding hydrogens is 268 g/mol. The van der Waals surface area contributed by atoms with Crippen LogP contribution in [0, 0.1) is 0 Å². The summed E-state index contributed by atoms with van der Waals surface area (Å²) in [4.78, 5) is 37.2. The zero-order chi connectivity index (χ0) is 14.0. The van der Waals surface area contributed by atoms with Crippen molar-refractivity contribution in [1.82, 2.24) is 10.2 Å². The molecule has 1 saturated heterocycles. The Balaban J connectivity index is 2.24. The lowest BCUT2D eigenvalue weighted by atomic mass is 10.1. The number of hydrogen-bond donors (Lipinski definition) is 1. The summed E-state index contributed by atoms with van der Waals surface area (Å²) in [6, 6.07) is 1.01. The van der Waals surface area contributed by atoms with Gasteiger partial charge in [0.05, 0.1) is 12.0 Å². The molecule has 7 heteroatoms. The number of thiophene rings is 1. The zero-order valence-electron chi connectivity index (χ0n) is 10.6. The lowest BCUT2D eigenvalue weighted by molar-refractivity contribution is -0.138. The van der Waals surface area contributed by atoms with Crippen molar-refractivity contribution in [1.29, 1.82) is 0 Å². The van der Waals surface area contributed by atoms with E-state index in [1.807, 2.05) is 0 Å². The minimum Gasteiger partial charge on any atom is -0.496 e. The molecule has 3 amide bonds. The van der Waals surface area contributed by atoms with Gasteiger partial charge in [-0.15, -0.1) is 11.3 Å². The van der Waals surface area contributed by atoms with Crippen molar-refractivity contribution in [3.05, 3.63) is 16.3 Å². The molecule has 1 fully saturated rings. The minimum atomic E-state index is -0.599. The van der Waals surface area contributed by atoms with Gasteiger partial charge >= 0.3 is 0 Å². The molecule has 1 N–H and O–H groups in total. The number of hydrogen-bond acceptors (Lipinski definition) is 5. The maximum Gasteiger partial charge on any atom is 0.265 e. The van der Waals surface area contributed by atoms with Crippen molar-refractivity contribution in [2.45, 2.75) is 19.4 Å². The normalized spacial score (nSPS) is 19.3. The van der Waals surface area contributed by atoms with Crippen molar-refractivity contribution in [3.8, 4) is 5.75 Å². The summed E-state index contributed by atoms with van der Waals surface area (Å²) < 4.78 is 5.02. The van der Waals surface area contributed by atoms with Gasteiger partial charge in [-0.2, -0.15) is 0 Å². The largest absolute Gasteiger partial charge is 0.496 e. The predicted molar refractivity (Wildman–Crippen MR) is 69.1 cm³/mol. The highest BCUT2D eigenvalue weighted by Crippen LogP contribution is 2.24. The van der Waals surface area contributed by atoms with Gasteiger partial charge in [0, 0.05) is 11.4 Å². The zero-order valence-corrected chi connectivity index (χ0v) is 11.5. The van der Waals surface area contributed by atoms with Crippen molar-refractivity contribution < 1.29 is 19.1 Å². The number of ether oxygens (including phenoxy) is 1. The van der Waals surface area contributed by atoms with Crippen LogP contribution < -0.4 is 10.1 Å². The third-order valence-electron chi connectivity index (χ3n) is 2.92. The average molecular weight is 282 g/mol. The predicted octanol–water partition coefficient (Wildman–Crippen LogP) is 0.634. The molecule has 0 bridgehead atoms. The summed E-state index contributed by atoms with van der Waals surface area (Å²) in [5, 5.41) is 3.95. The highest BCUT2D eigenvalue weighted by atomic mass is 32.1. The molecule has 2 heterocycles. The Kier molecular flexibility index (Phi) is 3.84. The molecular formula is C12H14N2O4S. The van der Waals surface area contributed by atoms with E-state index in [1.54, 1.807) is 18.4 Å². The summed E-state index contributed by atoms with van der Waals surface area (Å²) in [5.74, 6) is -0.597. The van der Waals surface area contributed by atoms with Gasteiger partial charge in [-0.25, -0.2) is 0 Å². The lowest BCUT2D eigenvalue weighted by Gasteiger charge is -2.32. The van der Waals surface area contributed by atoms with Gasteiger partial charge in [0.25, 0.3) is 5.91 Å². The van der Waals surface area contributed by atoms with Gasteiger partial charge in [-0.05, 0) is 6.42 Å². The number of amides is 3. The van der Waals surface area contributed by atoms with Gasteiger partial charge in [0.15, 0.2) is 0 Å². The maximum atomic E-state index is 12.3. The number of piperazine rings is 1. The number of nitrogens with zero attached hydrogens (tertiary/aromatic N) is 1. The van der Waals surface area contributed by atoms with E-state index in [9.17, 15) is 14.4 Å². The average Bonchev–Trinajstić information content (AvgIpc) is 2.85. The number of methoxy groups -OCH3 is 1. The number of carbonyl (C=O) groups excluding carboxylic acids is 3.